The molecular weight excluding hydrogens is 268 g/mol. The number of nitrogens with one attached hydrogen (secondary N) is 2. The van der Waals surface area contributed by atoms with Crippen LogP contribution in [0.1, 0.15) is 5.69 Å². The van der Waals surface area contributed by atoms with Gasteiger partial charge in [-0.2, -0.15) is 5.10 Å². The summed E-state index contributed by atoms with van der Waals surface area (Å²) in [5.41, 5.74) is 7.27. The summed E-state index contributed by atoms with van der Waals surface area (Å²) in [5, 5.41) is 19.6. The molecule has 0 spiro atoms. The maximum atomic E-state index is 11.3. The van der Waals surface area contributed by atoms with Gasteiger partial charge < -0.3 is 16.2 Å². The van der Waals surface area contributed by atoms with E-state index in [0.29, 0.717) is 13.0 Å². The number of halogens is 1. The number of aromatic nitrogens is 2. The number of aromatic amines is 1. The largest absolute Gasteiger partial charge is 0.394 e. The zero-order valence-corrected chi connectivity index (χ0v) is 11.1. The van der Waals surface area contributed by atoms with Crippen LogP contribution >= 0.6 is 12.4 Å². The molecule has 1 unspecified atom stereocenters. The summed E-state index contributed by atoms with van der Waals surface area (Å²) >= 11 is 0. The molecule has 7 heteroatoms. The van der Waals surface area contributed by atoms with Crippen molar-refractivity contribution in [2.75, 3.05) is 13.2 Å². The molecule has 19 heavy (non-hydrogen) atoms. The van der Waals surface area contributed by atoms with Crippen LogP contribution in [0.5, 0.6) is 0 Å². The predicted octanol–water partition coefficient (Wildman–Crippen LogP) is -0.0370. The second kappa shape index (κ2) is 7.08. The molecule has 0 radical (unpaired) electrons. The molecule has 2 aromatic rings. The molecule has 0 aliphatic heterocycles. The van der Waals surface area contributed by atoms with Crippen LogP contribution in [0.2, 0.25) is 0 Å². The highest BCUT2D eigenvalue weighted by Crippen LogP contribution is 2.14. The summed E-state index contributed by atoms with van der Waals surface area (Å²) in [4.78, 5) is 11.3. The van der Waals surface area contributed by atoms with E-state index >= 15 is 0 Å². The van der Waals surface area contributed by atoms with E-state index in [1.807, 2.05) is 24.3 Å². The first kappa shape index (κ1) is 15.4. The Morgan fingerprint density at radius 1 is 1.47 bits per heavy atom. The summed E-state index contributed by atoms with van der Waals surface area (Å²) in [6, 6.07) is 6.95. The van der Waals surface area contributed by atoms with Crippen molar-refractivity contribution in [2.45, 2.75) is 12.5 Å². The second-order valence-electron chi connectivity index (χ2n) is 4.05. The Kier molecular flexibility index (Phi) is 5.75. The molecule has 0 saturated carbocycles. The van der Waals surface area contributed by atoms with Gasteiger partial charge in [0.15, 0.2) is 0 Å². The summed E-state index contributed by atoms with van der Waals surface area (Å²) < 4.78 is 0. The van der Waals surface area contributed by atoms with Crippen molar-refractivity contribution in [3.63, 3.8) is 0 Å². The van der Waals surface area contributed by atoms with Crippen molar-refractivity contribution in [1.29, 1.82) is 0 Å². The molecule has 1 aromatic carbocycles. The van der Waals surface area contributed by atoms with Gasteiger partial charge in [-0.3, -0.25) is 9.89 Å². The highest BCUT2D eigenvalue weighted by Gasteiger charge is 2.11. The molecule has 0 aliphatic carbocycles. The third-order valence-corrected chi connectivity index (χ3v) is 2.74. The number of amides is 1. The minimum atomic E-state index is -0.860. The lowest BCUT2D eigenvalue weighted by atomic mass is 10.1. The third-order valence-electron chi connectivity index (χ3n) is 2.74. The van der Waals surface area contributed by atoms with Crippen molar-refractivity contribution >= 4 is 29.2 Å². The summed E-state index contributed by atoms with van der Waals surface area (Å²) in [6.45, 7) is 0.0958. The average molecular weight is 285 g/mol. The number of benzene rings is 1. The van der Waals surface area contributed by atoms with E-state index in [4.69, 9.17) is 10.8 Å². The highest BCUT2D eigenvalue weighted by atomic mass is 35.5. The maximum absolute atomic E-state index is 11.3. The Labute approximate surface area is 116 Å². The van der Waals surface area contributed by atoms with Crippen molar-refractivity contribution in [1.82, 2.24) is 15.5 Å². The number of hydrogen-bond donors (Lipinski definition) is 4. The first-order chi connectivity index (χ1) is 8.72. The van der Waals surface area contributed by atoms with Crippen LogP contribution in [-0.4, -0.2) is 40.4 Å². The van der Waals surface area contributed by atoms with E-state index in [0.717, 1.165) is 16.6 Å². The molecule has 1 heterocycles. The number of fused-ring (bicyclic) bond motifs is 1. The van der Waals surface area contributed by atoms with Gasteiger partial charge in [-0.15, -0.1) is 12.4 Å². The smallest absolute Gasteiger partial charge is 0.239 e. The van der Waals surface area contributed by atoms with Crippen molar-refractivity contribution < 1.29 is 9.90 Å². The van der Waals surface area contributed by atoms with Crippen molar-refractivity contribution in [3.8, 4) is 0 Å². The Balaban J connectivity index is 0.00000180. The number of para-hydroxylation sites is 1. The van der Waals surface area contributed by atoms with Crippen LogP contribution < -0.4 is 11.1 Å². The third kappa shape index (κ3) is 3.66. The molecule has 104 valence electrons. The summed E-state index contributed by atoms with van der Waals surface area (Å²) in [5.74, 6) is -0.350. The SMILES string of the molecule is Cl.NC(CO)C(=O)NCCc1n[nH]c2ccccc12. The fraction of sp³-hybridized carbons (Fsp3) is 0.333. The molecule has 1 amide bonds. The van der Waals surface area contributed by atoms with Crippen LogP contribution in [0.3, 0.4) is 0 Å². The lowest BCUT2D eigenvalue weighted by Gasteiger charge is -2.08. The monoisotopic (exact) mass is 284 g/mol. The number of carbonyl (C=O) groups is 1. The Morgan fingerprint density at radius 2 is 2.21 bits per heavy atom. The van der Waals surface area contributed by atoms with Gasteiger partial charge in [-0.25, -0.2) is 0 Å². The number of rotatable bonds is 5. The number of H-pyrrole nitrogens is 1. The molecule has 1 aromatic heterocycles. The quantitative estimate of drug-likeness (QED) is 0.618. The minimum Gasteiger partial charge on any atom is -0.394 e. The van der Waals surface area contributed by atoms with Crippen molar-refractivity contribution in [2.24, 2.45) is 5.73 Å². The number of nitrogens with zero attached hydrogens (tertiary/aromatic N) is 1. The standard InChI is InChI=1S/C12H16N4O2.ClH/c13-9(7-17)12(18)14-6-5-11-8-3-1-2-4-10(8)15-16-11;/h1-4,9,17H,5-7,13H2,(H,14,18)(H,15,16);1H. The zero-order valence-electron chi connectivity index (χ0n) is 10.3. The van der Waals surface area contributed by atoms with Gasteiger partial charge >= 0.3 is 0 Å². The lowest BCUT2D eigenvalue weighted by molar-refractivity contribution is -0.123. The van der Waals surface area contributed by atoms with E-state index in [1.54, 1.807) is 0 Å². The highest BCUT2D eigenvalue weighted by molar-refractivity contribution is 5.85. The van der Waals surface area contributed by atoms with Gasteiger partial charge in [-0.05, 0) is 6.07 Å². The first-order valence-corrected chi connectivity index (χ1v) is 5.78. The topological polar surface area (TPSA) is 104 Å². The van der Waals surface area contributed by atoms with Crippen LogP contribution in [0.4, 0.5) is 0 Å². The molecule has 5 N–H and O–H groups in total. The normalized spacial score (nSPS) is 11.9. The summed E-state index contributed by atoms with van der Waals surface area (Å²) in [6.07, 6.45) is 0.619. The van der Waals surface area contributed by atoms with Crippen LogP contribution in [0, 0.1) is 0 Å². The molecule has 0 bridgehead atoms. The van der Waals surface area contributed by atoms with E-state index in [2.05, 4.69) is 15.5 Å². The predicted molar refractivity (Wildman–Crippen MR) is 75.1 cm³/mol. The number of hydrogen-bond acceptors (Lipinski definition) is 4. The van der Waals surface area contributed by atoms with E-state index < -0.39 is 6.04 Å². The Bertz CT molecular complexity index is 543. The first-order valence-electron chi connectivity index (χ1n) is 5.78. The number of aliphatic hydroxyl groups excluding tert-OH is 1. The average Bonchev–Trinajstić information content (AvgIpc) is 2.81. The minimum absolute atomic E-state index is 0. The second-order valence-corrected chi connectivity index (χ2v) is 4.05. The van der Waals surface area contributed by atoms with Gasteiger partial charge in [0.05, 0.1) is 17.8 Å². The van der Waals surface area contributed by atoms with E-state index in [1.165, 1.54) is 0 Å². The van der Waals surface area contributed by atoms with Gasteiger partial charge in [0.2, 0.25) is 5.91 Å². The number of carbonyl (C=O) groups excluding carboxylic acids is 1. The molecule has 6 nitrogen and oxygen atoms in total. The Morgan fingerprint density at radius 3 is 2.95 bits per heavy atom. The van der Waals surface area contributed by atoms with Crippen molar-refractivity contribution in [3.05, 3.63) is 30.0 Å². The summed E-state index contributed by atoms with van der Waals surface area (Å²) in [7, 11) is 0. The number of nitrogens with two attached hydrogens (primary N) is 1. The number of aliphatic hydroxyl groups is 1. The zero-order chi connectivity index (χ0) is 13.0. The van der Waals surface area contributed by atoms with Gasteiger partial charge in [-0.1, -0.05) is 18.2 Å². The maximum Gasteiger partial charge on any atom is 0.239 e. The molecular formula is C12H17ClN4O2. The molecule has 1 atom stereocenters. The van der Waals surface area contributed by atoms with Crippen LogP contribution in [0.15, 0.2) is 24.3 Å². The van der Waals surface area contributed by atoms with Crippen LogP contribution in [0.25, 0.3) is 10.9 Å². The Hall–Kier alpha value is -1.63. The van der Waals surface area contributed by atoms with Gasteiger partial charge in [0, 0.05) is 18.4 Å². The fourth-order valence-corrected chi connectivity index (χ4v) is 1.73. The van der Waals surface area contributed by atoms with E-state index in [-0.39, 0.29) is 24.9 Å². The van der Waals surface area contributed by atoms with E-state index in [9.17, 15) is 4.79 Å². The van der Waals surface area contributed by atoms with Crippen LogP contribution in [-0.2, 0) is 11.2 Å². The molecule has 0 fully saturated rings. The molecule has 2 rings (SSSR count). The fourth-order valence-electron chi connectivity index (χ4n) is 1.73. The van der Waals surface area contributed by atoms with Gasteiger partial charge in [0.1, 0.15) is 6.04 Å². The molecule has 0 aliphatic rings. The van der Waals surface area contributed by atoms with Gasteiger partial charge in [0.25, 0.3) is 0 Å². The molecule has 0 saturated heterocycles. The lowest BCUT2D eigenvalue weighted by Crippen LogP contribution is -2.43.